The molecule has 1 aromatic carbocycles. The molecule has 23 heavy (non-hydrogen) atoms. The largest absolute Gasteiger partial charge is 0.327 e. The number of aromatic amines is 1. The maximum atomic E-state index is 12.2. The van der Waals surface area contributed by atoms with Crippen LogP contribution in [0.4, 0.5) is 5.69 Å². The highest BCUT2D eigenvalue weighted by Crippen LogP contribution is 2.09. The van der Waals surface area contributed by atoms with Gasteiger partial charge in [-0.2, -0.15) is 5.10 Å². The molecule has 2 heterocycles. The zero-order valence-electron chi connectivity index (χ0n) is 12.4. The fraction of sp³-hybridized carbons (Fsp3) is 0.125. The van der Waals surface area contributed by atoms with Gasteiger partial charge in [0.1, 0.15) is 12.2 Å². The molecule has 7 heteroatoms. The third kappa shape index (κ3) is 2.89. The van der Waals surface area contributed by atoms with Crippen molar-refractivity contribution in [1.82, 2.24) is 14.8 Å². The molecule has 3 aromatic rings. The molecule has 0 aliphatic carbocycles. The Bertz CT molecular complexity index is 1000. The van der Waals surface area contributed by atoms with Gasteiger partial charge < -0.3 is 10.3 Å². The summed E-state index contributed by atoms with van der Waals surface area (Å²) in [6, 6.07) is 8.62. The Hall–Kier alpha value is -3.22. The Balaban J connectivity index is 1.91. The molecular weight excluding hydrogens is 296 g/mol. The molecule has 7 nitrogen and oxygen atoms in total. The molecule has 0 spiro atoms. The summed E-state index contributed by atoms with van der Waals surface area (Å²) < 4.78 is 1.43. The maximum absolute atomic E-state index is 12.2. The molecule has 2 aromatic heterocycles. The summed E-state index contributed by atoms with van der Waals surface area (Å²) in [6.07, 6.45) is 2.69. The van der Waals surface area contributed by atoms with Crippen LogP contribution in [0.25, 0.3) is 10.9 Å². The number of aromatic nitrogens is 3. The van der Waals surface area contributed by atoms with E-state index in [0.717, 1.165) is 0 Å². The summed E-state index contributed by atoms with van der Waals surface area (Å²) in [5, 5.41) is 7.06. The van der Waals surface area contributed by atoms with E-state index in [0.29, 0.717) is 16.5 Å². The molecular formula is C16H14N4O3. The van der Waals surface area contributed by atoms with Crippen LogP contribution in [-0.2, 0) is 11.3 Å². The lowest BCUT2D eigenvalue weighted by molar-refractivity contribution is -0.116. The van der Waals surface area contributed by atoms with Gasteiger partial charge >= 0.3 is 0 Å². The smallest absolute Gasteiger partial charge is 0.271 e. The van der Waals surface area contributed by atoms with Crippen molar-refractivity contribution >= 4 is 22.5 Å². The van der Waals surface area contributed by atoms with E-state index in [1.54, 1.807) is 37.3 Å². The Kier molecular flexibility index (Phi) is 3.76. The summed E-state index contributed by atoms with van der Waals surface area (Å²) in [6.45, 7) is 1.63. The molecule has 0 saturated heterocycles. The van der Waals surface area contributed by atoms with Crippen LogP contribution in [0.5, 0.6) is 0 Å². The minimum absolute atomic E-state index is 0.103. The molecule has 2 N–H and O–H groups in total. The van der Waals surface area contributed by atoms with Crippen LogP contribution in [-0.4, -0.2) is 20.7 Å². The molecule has 0 saturated carbocycles. The Morgan fingerprint density at radius 3 is 2.83 bits per heavy atom. The fourth-order valence-corrected chi connectivity index (χ4v) is 2.33. The van der Waals surface area contributed by atoms with Gasteiger partial charge in [0, 0.05) is 11.6 Å². The number of benzene rings is 1. The van der Waals surface area contributed by atoms with Crippen LogP contribution in [0, 0.1) is 6.92 Å². The molecule has 0 unspecified atom stereocenters. The highest BCUT2D eigenvalue weighted by atomic mass is 16.2. The van der Waals surface area contributed by atoms with Crippen LogP contribution in [0.1, 0.15) is 5.56 Å². The van der Waals surface area contributed by atoms with E-state index < -0.39 is 5.91 Å². The number of nitrogens with zero attached hydrogens (tertiary/aromatic N) is 2. The predicted molar refractivity (Wildman–Crippen MR) is 86.4 cm³/mol. The number of pyridine rings is 1. The topological polar surface area (TPSA) is 96.8 Å². The highest BCUT2D eigenvalue weighted by molar-refractivity contribution is 5.92. The van der Waals surface area contributed by atoms with Crippen LogP contribution in [0.15, 0.2) is 52.3 Å². The number of rotatable bonds is 3. The van der Waals surface area contributed by atoms with Gasteiger partial charge in [0.25, 0.3) is 5.56 Å². The van der Waals surface area contributed by atoms with Crippen molar-refractivity contribution in [2.75, 3.05) is 5.32 Å². The molecule has 1 amide bonds. The maximum Gasteiger partial charge on any atom is 0.271 e. The number of amides is 1. The normalized spacial score (nSPS) is 10.7. The third-order valence-electron chi connectivity index (χ3n) is 3.49. The summed E-state index contributed by atoms with van der Waals surface area (Å²) in [5.74, 6) is -0.397. The number of anilines is 1. The standard InChI is InChI=1S/C16H14N4O3/c1-10-6-7-17-16(23)15(10)19-14(22)9-20-12-5-3-2-4-11(12)13(21)8-18-20/h2-8H,9H2,1H3,(H,17,23)(H,19,22). The number of aryl methyl sites for hydroxylation is 1. The number of hydrogen-bond donors (Lipinski definition) is 2. The molecule has 116 valence electrons. The van der Waals surface area contributed by atoms with E-state index in [4.69, 9.17) is 0 Å². The summed E-state index contributed by atoms with van der Waals surface area (Å²) in [5.41, 5.74) is 0.875. The SMILES string of the molecule is Cc1cc[nH]c(=O)c1NC(=O)Cn1ncc(=O)c2ccccc21. The Morgan fingerprint density at radius 2 is 2.04 bits per heavy atom. The first kappa shape index (κ1) is 14.7. The lowest BCUT2D eigenvalue weighted by Crippen LogP contribution is -2.26. The lowest BCUT2D eigenvalue weighted by Gasteiger charge is -2.10. The van der Waals surface area contributed by atoms with Gasteiger partial charge in [-0.1, -0.05) is 12.1 Å². The predicted octanol–water partition coefficient (Wildman–Crippen LogP) is 1.03. The molecule has 3 rings (SSSR count). The van der Waals surface area contributed by atoms with Crippen LogP contribution in [0.3, 0.4) is 0 Å². The van der Waals surface area contributed by atoms with E-state index >= 15 is 0 Å². The number of carbonyl (C=O) groups is 1. The summed E-state index contributed by atoms with van der Waals surface area (Å²) in [4.78, 5) is 38.3. The van der Waals surface area contributed by atoms with E-state index in [9.17, 15) is 14.4 Å². The number of nitrogens with one attached hydrogen (secondary N) is 2. The van der Waals surface area contributed by atoms with Crippen molar-refractivity contribution in [2.24, 2.45) is 0 Å². The van der Waals surface area contributed by atoms with Crippen molar-refractivity contribution in [3.8, 4) is 0 Å². The third-order valence-corrected chi connectivity index (χ3v) is 3.49. The van der Waals surface area contributed by atoms with Gasteiger partial charge in [-0.3, -0.25) is 19.1 Å². The Labute approximate surface area is 130 Å². The molecule has 0 fully saturated rings. The lowest BCUT2D eigenvalue weighted by atomic mass is 10.2. The quantitative estimate of drug-likeness (QED) is 0.755. The monoisotopic (exact) mass is 310 g/mol. The van der Waals surface area contributed by atoms with Crippen molar-refractivity contribution in [2.45, 2.75) is 13.5 Å². The van der Waals surface area contributed by atoms with Gasteiger partial charge in [0.05, 0.1) is 11.7 Å². The average Bonchev–Trinajstić information content (AvgIpc) is 2.54. The number of H-pyrrole nitrogens is 1. The molecule has 0 radical (unpaired) electrons. The minimum atomic E-state index is -0.397. The zero-order chi connectivity index (χ0) is 16.4. The number of fused-ring (bicyclic) bond motifs is 1. The molecule has 0 aliphatic rings. The van der Waals surface area contributed by atoms with E-state index in [2.05, 4.69) is 15.4 Å². The first-order valence-electron chi connectivity index (χ1n) is 6.99. The van der Waals surface area contributed by atoms with Crippen LogP contribution < -0.4 is 16.3 Å². The van der Waals surface area contributed by atoms with Crippen molar-refractivity contribution in [1.29, 1.82) is 0 Å². The molecule has 0 atom stereocenters. The van der Waals surface area contributed by atoms with E-state index in [1.165, 1.54) is 17.1 Å². The number of carbonyl (C=O) groups excluding carboxylic acids is 1. The molecule has 0 aliphatic heterocycles. The fourth-order valence-electron chi connectivity index (χ4n) is 2.33. The van der Waals surface area contributed by atoms with Crippen molar-refractivity contribution in [3.63, 3.8) is 0 Å². The minimum Gasteiger partial charge on any atom is -0.327 e. The van der Waals surface area contributed by atoms with Gasteiger partial charge in [0.15, 0.2) is 0 Å². The highest BCUT2D eigenvalue weighted by Gasteiger charge is 2.11. The first-order chi connectivity index (χ1) is 11.1. The molecule has 0 bridgehead atoms. The summed E-state index contributed by atoms with van der Waals surface area (Å²) >= 11 is 0. The second-order valence-electron chi connectivity index (χ2n) is 5.10. The van der Waals surface area contributed by atoms with Crippen LogP contribution >= 0.6 is 0 Å². The van der Waals surface area contributed by atoms with E-state index in [-0.39, 0.29) is 23.2 Å². The summed E-state index contributed by atoms with van der Waals surface area (Å²) in [7, 11) is 0. The Morgan fingerprint density at radius 1 is 1.26 bits per heavy atom. The van der Waals surface area contributed by atoms with Crippen molar-refractivity contribution < 1.29 is 4.79 Å². The van der Waals surface area contributed by atoms with Crippen LogP contribution in [0.2, 0.25) is 0 Å². The first-order valence-corrected chi connectivity index (χ1v) is 6.99. The van der Waals surface area contributed by atoms with Gasteiger partial charge in [-0.15, -0.1) is 0 Å². The van der Waals surface area contributed by atoms with E-state index in [1.807, 2.05) is 0 Å². The average molecular weight is 310 g/mol. The second kappa shape index (κ2) is 5.88. The van der Waals surface area contributed by atoms with Crippen molar-refractivity contribution in [3.05, 3.63) is 68.9 Å². The second-order valence-corrected chi connectivity index (χ2v) is 5.10. The number of hydrogen-bond acceptors (Lipinski definition) is 4. The van der Waals surface area contributed by atoms with Gasteiger partial charge in [0.2, 0.25) is 11.3 Å². The van der Waals surface area contributed by atoms with Gasteiger partial charge in [-0.05, 0) is 30.7 Å². The van der Waals surface area contributed by atoms with Gasteiger partial charge in [-0.25, -0.2) is 0 Å². The zero-order valence-corrected chi connectivity index (χ0v) is 12.4. The number of para-hydroxylation sites is 1.